The number of nitrogens with zero attached hydrogens (tertiary/aromatic N) is 1. The van der Waals surface area contributed by atoms with Gasteiger partial charge in [0.05, 0.1) is 6.61 Å². The Morgan fingerprint density at radius 1 is 1.45 bits per heavy atom. The van der Waals surface area contributed by atoms with E-state index >= 15 is 0 Å². The zero-order chi connectivity index (χ0) is 15.3. The van der Waals surface area contributed by atoms with Gasteiger partial charge in [-0.25, -0.2) is 17.5 Å². The first-order valence-corrected chi connectivity index (χ1v) is 7.62. The summed E-state index contributed by atoms with van der Waals surface area (Å²) in [5.74, 6) is -0.711. The monoisotopic (exact) mass is 300 g/mol. The standard InChI is InChI=1S/C13H17FN2O3S/c1-9(2)6-10(8-17)16-20(18,19)13-5-3-4-12(14)11(13)7-15/h3-5,9-10,16-17H,6,8H2,1-2H3. The van der Waals surface area contributed by atoms with Crippen molar-refractivity contribution in [2.75, 3.05) is 6.61 Å². The molecule has 7 heteroatoms. The first kappa shape index (κ1) is 16.6. The van der Waals surface area contributed by atoms with Crippen LogP contribution in [0, 0.1) is 23.1 Å². The molecule has 1 rings (SSSR count). The summed E-state index contributed by atoms with van der Waals surface area (Å²) in [4.78, 5) is -0.415. The Balaban J connectivity index is 3.12. The van der Waals surface area contributed by atoms with Crippen LogP contribution in [0.4, 0.5) is 4.39 Å². The van der Waals surface area contributed by atoms with Gasteiger partial charge in [0.25, 0.3) is 0 Å². The molecule has 0 bridgehead atoms. The zero-order valence-electron chi connectivity index (χ0n) is 11.3. The fourth-order valence-corrected chi connectivity index (χ4v) is 3.25. The maximum atomic E-state index is 13.4. The van der Waals surface area contributed by atoms with Crippen LogP contribution >= 0.6 is 0 Å². The molecule has 110 valence electrons. The Bertz CT molecular complexity index is 609. The van der Waals surface area contributed by atoms with E-state index in [1.54, 1.807) is 6.07 Å². The lowest BCUT2D eigenvalue weighted by Crippen LogP contribution is -2.38. The van der Waals surface area contributed by atoms with E-state index in [0.717, 1.165) is 12.1 Å². The molecule has 0 amide bonds. The molecule has 0 aliphatic heterocycles. The second kappa shape index (κ2) is 6.79. The molecule has 20 heavy (non-hydrogen) atoms. The Labute approximate surface area is 118 Å². The molecule has 0 heterocycles. The summed E-state index contributed by atoms with van der Waals surface area (Å²) >= 11 is 0. The van der Waals surface area contributed by atoms with Crippen LogP contribution < -0.4 is 4.72 Å². The number of rotatable bonds is 6. The van der Waals surface area contributed by atoms with Crippen LogP contribution in [0.1, 0.15) is 25.8 Å². The summed E-state index contributed by atoms with van der Waals surface area (Å²) in [7, 11) is -4.05. The van der Waals surface area contributed by atoms with Gasteiger partial charge in [-0.1, -0.05) is 19.9 Å². The van der Waals surface area contributed by atoms with Crippen molar-refractivity contribution in [1.82, 2.24) is 4.72 Å². The van der Waals surface area contributed by atoms with Crippen LogP contribution in [0.3, 0.4) is 0 Å². The second-order valence-corrected chi connectivity index (χ2v) is 6.54. The van der Waals surface area contributed by atoms with Gasteiger partial charge in [-0.05, 0) is 24.5 Å². The Kier molecular flexibility index (Phi) is 5.62. The van der Waals surface area contributed by atoms with Crippen molar-refractivity contribution in [3.05, 3.63) is 29.6 Å². The van der Waals surface area contributed by atoms with Crippen LogP contribution in [-0.2, 0) is 10.0 Å². The summed E-state index contributed by atoms with van der Waals surface area (Å²) in [5, 5.41) is 18.1. The largest absolute Gasteiger partial charge is 0.395 e. The minimum atomic E-state index is -4.05. The summed E-state index contributed by atoms with van der Waals surface area (Å²) in [6, 6.07) is 4.28. The van der Waals surface area contributed by atoms with E-state index in [9.17, 15) is 17.9 Å². The summed E-state index contributed by atoms with van der Waals surface area (Å²) in [5.41, 5.74) is -0.527. The van der Waals surface area contributed by atoms with E-state index in [0.29, 0.717) is 6.42 Å². The van der Waals surface area contributed by atoms with Gasteiger partial charge in [0.2, 0.25) is 10.0 Å². The summed E-state index contributed by atoms with van der Waals surface area (Å²) in [6.07, 6.45) is 0.437. The average molecular weight is 300 g/mol. The first-order valence-electron chi connectivity index (χ1n) is 6.13. The van der Waals surface area contributed by atoms with Gasteiger partial charge >= 0.3 is 0 Å². The predicted molar refractivity (Wildman–Crippen MR) is 71.8 cm³/mol. The molecule has 0 aromatic heterocycles. The lowest BCUT2D eigenvalue weighted by atomic mass is 10.1. The molecule has 0 aliphatic carbocycles. The molecule has 1 aromatic carbocycles. The minimum absolute atomic E-state index is 0.179. The Morgan fingerprint density at radius 2 is 2.10 bits per heavy atom. The first-order chi connectivity index (χ1) is 9.31. The van der Waals surface area contributed by atoms with E-state index in [-0.39, 0.29) is 12.5 Å². The highest BCUT2D eigenvalue weighted by molar-refractivity contribution is 7.89. The highest BCUT2D eigenvalue weighted by Crippen LogP contribution is 2.19. The molecule has 5 nitrogen and oxygen atoms in total. The van der Waals surface area contributed by atoms with Gasteiger partial charge < -0.3 is 5.11 Å². The van der Waals surface area contributed by atoms with Gasteiger partial charge in [-0.2, -0.15) is 5.26 Å². The average Bonchev–Trinajstić information content (AvgIpc) is 2.36. The van der Waals surface area contributed by atoms with Crippen molar-refractivity contribution in [3.8, 4) is 6.07 Å². The molecule has 0 saturated carbocycles. The van der Waals surface area contributed by atoms with Crippen molar-refractivity contribution in [1.29, 1.82) is 5.26 Å². The van der Waals surface area contributed by atoms with Crippen LogP contribution in [-0.4, -0.2) is 26.2 Å². The summed E-state index contributed by atoms with van der Waals surface area (Å²) in [6.45, 7) is 3.41. The lowest BCUT2D eigenvalue weighted by Gasteiger charge is -2.18. The lowest BCUT2D eigenvalue weighted by molar-refractivity contribution is 0.240. The summed E-state index contributed by atoms with van der Waals surface area (Å²) < 4.78 is 40.1. The van der Waals surface area contributed by atoms with E-state index in [1.807, 2.05) is 13.8 Å². The Morgan fingerprint density at radius 3 is 2.60 bits per heavy atom. The molecular formula is C13H17FN2O3S. The van der Waals surface area contributed by atoms with Gasteiger partial charge in [0.1, 0.15) is 22.3 Å². The number of aliphatic hydroxyl groups excluding tert-OH is 1. The van der Waals surface area contributed by atoms with E-state index < -0.39 is 32.3 Å². The third-order valence-corrected chi connectivity index (χ3v) is 4.24. The van der Waals surface area contributed by atoms with E-state index in [2.05, 4.69) is 4.72 Å². The number of nitrogens with one attached hydrogen (secondary N) is 1. The highest BCUT2D eigenvalue weighted by Gasteiger charge is 2.24. The number of sulfonamides is 1. The second-order valence-electron chi connectivity index (χ2n) is 4.86. The van der Waals surface area contributed by atoms with Crippen LogP contribution in [0.15, 0.2) is 23.1 Å². The van der Waals surface area contributed by atoms with E-state index in [1.165, 1.54) is 6.07 Å². The van der Waals surface area contributed by atoms with Crippen molar-refractivity contribution < 1.29 is 17.9 Å². The molecule has 1 unspecified atom stereocenters. The number of benzene rings is 1. The van der Waals surface area contributed by atoms with Gasteiger partial charge in [-0.15, -0.1) is 0 Å². The normalized spacial score (nSPS) is 13.2. The van der Waals surface area contributed by atoms with Crippen molar-refractivity contribution in [2.24, 2.45) is 5.92 Å². The van der Waals surface area contributed by atoms with Gasteiger partial charge in [-0.3, -0.25) is 0 Å². The molecule has 0 spiro atoms. The quantitative estimate of drug-likeness (QED) is 0.830. The number of halogens is 1. The molecule has 0 aliphatic rings. The highest BCUT2D eigenvalue weighted by atomic mass is 32.2. The Hall–Kier alpha value is -1.49. The number of hydrogen-bond acceptors (Lipinski definition) is 4. The van der Waals surface area contributed by atoms with Gasteiger partial charge in [0, 0.05) is 6.04 Å². The van der Waals surface area contributed by atoms with Crippen molar-refractivity contribution >= 4 is 10.0 Å². The van der Waals surface area contributed by atoms with E-state index in [4.69, 9.17) is 5.26 Å². The third kappa shape index (κ3) is 4.00. The molecule has 1 aromatic rings. The smallest absolute Gasteiger partial charge is 0.242 e. The van der Waals surface area contributed by atoms with Crippen LogP contribution in [0.25, 0.3) is 0 Å². The molecular weight excluding hydrogens is 283 g/mol. The zero-order valence-corrected chi connectivity index (χ0v) is 12.1. The molecule has 0 radical (unpaired) electrons. The maximum absolute atomic E-state index is 13.4. The topological polar surface area (TPSA) is 90.2 Å². The number of nitriles is 1. The fraction of sp³-hybridized carbons (Fsp3) is 0.462. The minimum Gasteiger partial charge on any atom is -0.395 e. The molecule has 1 atom stereocenters. The SMILES string of the molecule is CC(C)CC(CO)NS(=O)(=O)c1cccc(F)c1C#N. The van der Waals surface area contributed by atoms with Gasteiger partial charge in [0.15, 0.2) is 0 Å². The molecule has 2 N–H and O–H groups in total. The van der Waals surface area contributed by atoms with Crippen molar-refractivity contribution in [3.63, 3.8) is 0 Å². The number of aliphatic hydroxyl groups is 1. The molecule has 0 saturated heterocycles. The van der Waals surface area contributed by atoms with Crippen LogP contribution in [0.5, 0.6) is 0 Å². The fourth-order valence-electron chi connectivity index (χ4n) is 1.85. The van der Waals surface area contributed by atoms with Crippen LogP contribution in [0.2, 0.25) is 0 Å². The van der Waals surface area contributed by atoms with Crippen molar-refractivity contribution in [2.45, 2.75) is 31.2 Å². The molecule has 0 fully saturated rings. The predicted octanol–water partition coefficient (Wildman–Crippen LogP) is 1.38. The third-order valence-electron chi connectivity index (χ3n) is 2.67. The number of hydrogen-bond donors (Lipinski definition) is 2. The maximum Gasteiger partial charge on any atom is 0.242 e.